The molecular weight excluding hydrogens is 334 g/mol. The molecule has 2 amide bonds. The number of benzene rings is 2. The molecule has 136 valence electrons. The molecule has 1 fully saturated rings. The quantitative estimate of drug-likeness (QED) is 0.676. The van der Waals surface area contributed by atoms with Gasteiger partial charge < -0.3 is 10.6 Å². The fourth-order valence-corrected chi connectivity index (χ4v) is 3.40. The summed E-state index contributed by atoms with van der Waals surface area (Å²) in [6.45, 7) is 0. The molecule has 0 aliphatic heterocycles. The summed E-state index contributed by atoms with van der Waals surface area (Å²) >= 11 is 0. The van der Waals surface area contributed by atoms with Crippen LogP contribution in [-0.2, 0) is 0 Å². The third-order valence-electron chi connectivity index (χ3n) is 4.93. The van der Waals surface area contributed by atoms with E-state index >= 15 is 0 Å². The Labute approximate surface area is 159 Å². The lowest BCUT2D eigenvalue weighted by Gasteiger charge is -2.23. The third-order valence-corrected chi connectivity index (χ3v) is 4.93. The van der Waals surface area contributed by atoms with E-state index in [1.165, 1.54) is 0 Å². The molecule has 2 atom stereocenters. The summed E-state index contributed by atoms with van der Waals surface area (Å²) in [4.78, 5) is 17.3. The number of hydrogen-bond acceptors (Lipinski definition) is 2. The SMILES string of the molecule is O=C(N[C@H](c1ccccc1)c1ccccn1)N[C@H](c1ccccc1)C1CC1. The molecule has 3 aromatic rings. The first kappa shape index (κ1) is 17.3. The zero-order valence-corrected chi connectivity index (χ0v) is 15.1. The lowest BCUT2D eigenvalue weighted by molar-refractivity contribution is 0.233. The summed E-state index contributed by atoms with van der Waals surface area (Å²) < 4.78 is 0. The van der Waals surface area contributed by atoms with Gasteiger partial charge in [0.05, 0.1) is 17.8 Å². The van der Waals surface area contributed by atoms with Crippen molar-refractivity contribution in [2.75, 3.05) is 0 Å². The Morgan fingerprint density at radius 1 is 0.815 bits per heavy atom. The van der Waals surface area contributed by atoms with Crippen LogP contribution in [0.2, 0.25) is 0 Å². The van der Waals surface area contributed by atoms with Crippen LogP contribution in [0.15, 0.2) is 85.1 Å². The van der Waals surface area contributed by atoms with E-state index in [1.54, 1.807) is 6.20 Å². The Balaban J connectivity index is 1.53. The summed E-state index contributed by atoms with van der Waals surface area (Å²) in [6.07, 6.45) is 4.06. The molecule has 2 N–H and O–H groups in total. The number of carbonyl (C=O) groups excluding carboxylic acids is 1. The maximum absolute atomic E-state index is 12.9. The summed E-state index contributed by atoms with van der Waals surface area (Å²) in [7, 11) is 0. The maximum atomic E-state index is 12.9. The molecule has 2 aromatic carbocycles. The topological polar surface area (TPSA) is 54.0 Å². The highest BCUT2D eigenvalue weighted by molar-refractivity contribution is 5.75. The molecule has 4 rings (SSSR count). The van der Waals surface area contributed by atoms with Crippen LogP contribution in [0.4, 0.5) is 4.79 Å². The molecule has 0 spiro atoms. The lowest BCUT2D eigenvalue weighted by Crippen LogP contribution is -2.41. The van der Waals surface area contributed by atoms with Gasteiger partial charge in [-0.2, -0.15) is 0 Å². The highest BCUT2D eigenvalue weighted by Gasteiger charge is 2.33. The van der Waals surface area contributed by atoms with Crippen molar-refractivity contribution in [1.82, 2.24) is 15.6 Å². The van der Waals surface area contributed by atoms with E-state index in [1.807, 2.05) is 66.7 Å². The third kappa shape index (κ3) is 4.34. The Morgan fingerprint density at radius 3 is 2.04 bits per heavy atom. The van der Waals surface area contributed by atoms with Gasteiger partial charge in [-0.1, -0.05) is 66.7 Å². The minimum absolute atomic E-state index is 0.0476. The Morgan fingerprint density at radius 2 is 1.44 bits per heavy atom. The van der Waals surface area contributed by atoms with Gasteiger partial charge in [0.25, 0.3) is 0 Å². The first-order valence-electron chi connectivity index (χ1n) is 9.39. The number of amides is 2. The number of nitrogens with one attached hydrogen (secondary N) is 2. The van der Waals surface area contributed by atoms with E-state index in [0.29, 0.717) is 5.92 Å². The molecular formula is C23H23N3O. The molecule has 1 saturated carbocycles. The van der Waals surface area contributed by atoms with E-state index in [-0.39, 0.29) is 18.1 Å². The molecule has 1 aliphatic rings. The molecule has 27 heavy (non-hydrogen) atoms. The van der Waals surface area contributed by atoms with Crippen molar-refractivity contribution in [3.63, 3.8) is 0 Å². The van der Waals surface area contributed by atoms with Crippen LogP contribution in [0.25, 0.3) is 0 Å². The number of pyridine rings is 1. The minimum atomic E-state index is -0.289. The number of urea groups is 1. The summed E-state index contributed by atoms with van der Waals surface area (Å²) in [5, 5.41) is 6.31. The Bertz CT molecular complexity index is 824. The van der Waals surface area contributed by atoms with E-state index in [9.17, 15) is 4.79 Å². The smallest absolute Gasteiger partial charge is 0.316 e. The summed E-state index contributed by atoms with van der Waals surface area (Å²) in [6, 6.07) is 25.5. The van der Waals surface area contributed by atoms with Crippen molar-refractivity contribution in [2.24, 2.45) is 5.92 Å². The predicted octanol–water partition coefficient (Wildman–Crippen LogP) is 4.62. The number of carbonyl (C=O) groups is 1. The second-order valence-corrected chi connectivity index (χ2v) is 6.94. The molecule has 0 bridgehead atoms. The average Bonchev–Trinajstić information content (AvgIpc) is 3.57. The summed E-state index contributed by atoms with van der Waals surface area (Å²) in [5.74, 6) is 0.517. The first-order valence-corrected chi connectivity index (χ1v) is 9.39. The van der Waals surface area contributed by atoms with Crippen LogP contribution in [0.3, 0.4) is 0 Å². The number of nitrogens with zero attached hydrogens (tertiary/aromatic N) is 1. The van der Waals surface area contributed by atoms with Crippen molar-refractivity contribution < 1.29 is 4.79 Å². The maximum Gasteiger partial charge on any atom is 0.316 e. The fraction of sp³-hybridized carbons (Fsp3) is 0.217. The van der Waals surface area contributed by atoms with E-state index in [2.05, 4.69) is 27.8 Å². The van der Waals surface area contributed by atoms with Crippen LogP contribution in [0.5, 0.6) is 0 Å². The number of hydrogen-bond donors (Lipinski definition) is 2. The van der Waals surface area contributed by atoms with Gasteiger partial charge in [-0.15, -0.1) is 0 Å². The van der Waals surface area contributed by atoms with Gasteiger partial charge in [0.2, 0.25) is 0 Å². The van der Waals surface area contributed by atoms with E-state index in [4.69, 9.17) is 0 Å². The molecule has 0 saturated heterocycles. The molecule has 1 aliphatic carbocycles. The first-order chi connectivity index (χ1) is 13.3. The normalized spacial score (nSPS) is 15.6. The fourth-order valence-electron chi connectivity index (χ4n) is 3.40. The molecule has 0 unspecified atom stereocenters. The second kappa shape index (κ2) is 8.04. The van der Waals surface area contributed by atoms with Gasteiger partial charge >= 0.3 is 6.03 Å². The zero-order valence-electron chi connectivity index (χ0n) is 15.1. The number of rotatable bonds is 6. The molecule has 1 aromatic heterocycles. The van der Waals surface area contributed by atoms with Crippen LogP contribution >= 0.6 is 0 Å². The molecule has 1 heterocycles. The second-order valence-electron chi connectivity index (χ2n) is 6.94. The van der Waals surface area contributed by atoms with Gasteiger partial charge in [0.1, 0.15) is 0 Å². The zero-order chi connectivity index (χ0) is 18.5. The van der Waals surface area contributed by atoms with Crippen molar-refractivity contribution in [3.8, 4) is 0 Å². The standard InChI is InChI=1S/C23H23N3O/c27-23(25-21(19-14-15-19)17-9-3-1-4-10-17)26-22(18-11-5-2-6-12-18)20-13-7-8-16-24-20/h1-13,16,19,21-22H,14-15H2,(H2,25,26,27)/t21-,22-/m1/s1. The van der Waals surface area contributed by atoms with Crippen molar-refractivity contribution in [3.05, 3.63) is 102 Å². The van der Waals surface area contributed by atoms with Crippen LogP contribution in [-0.4, -0.2) is 11.0 Å². The minimum Gasteiger partial charge on any atom is -0.331 e. The van der Waals surface area contributed by atoms with Gasteiger partial charge in [0.15, 0.2) is 0 Å². The summed E-state index contributed by atoms with van der Waals surface area (Å²) in [5.41, 5.74) is 2.99. The molecule has 4 nitrogen and oxygen atoms in total. The highest BCUT2D eigenvalue weighted by atomic mass is 16.2. The van der Waals surface area contributed by atoms with Crippen molar-refractivity contribution in [2.45, 2.75) is 24.9 Å². The average molecular weight is 357 g/mol. The van der Waals surface area contributed by atoms with Gasteiger partial charge in [-0.05, 0) is 42.0 Å². The van der Waals surface area contributed by atoms with Crippen LogP contribution in [0.1, 0.15) is 41.7 Å². The van der Waals surface area contributed by atoms with Crippen molar-refractivity contribution in [1.29, 1.82) is 0 Å². The van der Waals surface area contributed by atoms with Crippen LogP contribution < -0.4 is 10.6 Å². The lowest BCUT2D eigenvalue weighted by atomic mass is 10.0. The van der Waals surface area contributed by atoms with E-state index in [0.717, 1.165) is 29.7 Å². The number of aromatic nitrogens is 1. The van der Waals surface area contributed by atoms with Gasteiger partial charge in [0, 0.05) is 6.20 Å². The van der Waals surface area contributed by atoms with Gasteiger partial charge in [-0.3, -0.25) is 4.98 Å². The largest absolute Gasteiger partial charge is 0.331 e. The monoisotopic (exact) mass is 357 g/mol. The Kier molecular flexibility index (Phi) is 5.15. The van der Waals surface area contributed by atoms with E-state index < -0.39 is 0 Å². The van der Waals surface area contributed by atoms with Crippen LogP contribution in [0, 0.1) is 5.92 Å². The van der Waals surface area contributed by atoms with Crippen molar-refractivity contribution >= 4 is 6.03 Å². The Hall–Kier alpha value is -3.14. The predicted molar refractivity (Wildman–Crippen MR) is 106 cm³/mol. The molecule has 4 heteroatoms. The highest BCUT2D eigenvalue weighted by Crippen LogP contribution is 2.40. The molecule has 0 radical (unpaired) electrons. The van der Waals surface area contributed by atoms with Gasteiger partial charge in [-0.25, -0.2) is 4.79 Å².